The molecule has 4 aromatic rings. The second kappa shape index (κ2) is 7.79. The lowest BCUT2D eigenvalue weighted by molar-refractivity contribution is 0.103. The van der Waals surface area contributed by atoms with Crippen LogP contribution in [0.5, 0.6) is 0 Å². The van der Waals surface area contributed by atoms with Crippen molar-refractivity contribution in [1.82, 2.24) is 0 Å². The molecular formula is C37H38O. The van der Waals surface area contributed by atoms with E-state index in [1.54, 1.807) is 0 Å². The molecular weight excluding hydrogens is 460 g/mol. The number of rotatable bonds is 2. The first-order valence-electron chi connectivity index (χ1n) is 13.8. The van der Waals surface area contributed by atoms with Crippen LogP contribution < -0.4 is 0 Å². The minimum absolute atomic E-state index is 0.0624. The molecule has 0 bridgehead atoms. The Balaban J connectivity index is 1.49. The van der Waals surface area contributed by atoms with Crippen molar-refractivity contribution in [3.63, 3.8) is 0 Å². The third kappa shape index (κ3) is 3.08. The van der Waals surface area contributed by atoms with Crippen LogP contribution in [-0.2, 0) is 21.7 Å². The lowest BCUT2D eigenvalue weighted by Crippen LogP contribution is -2.43. The fourth-order valence-electron chi connectivity index (χ4n) is 6.91. The van der Waals surface area contributed by atoms with Gasteiger partial charge in [0.05, 0.1) is 0 Å². The number of carbonyl (C=O) groups excluding carboxylic acids is 1. The lowest BCUT2D eigenvalue weighted by atomic mass is 9.55. The van der Waals surface area contributed by atoms with E-state index in [1.807, 2.05) is 12.1 Å². The van der Waals surface area contributed by atoms with Gasteiger partial charge in [-0.05, 0) is 78.3 Å². The van der Waals surface area contributed by atoms with Gasteiger partial charge in [-0.2, -0.15) is 0 Å². The maximum Gasteiger partial charge on any atom is 0.193 e. The maximum atomic E-state index is 14.1. The predicted octanol–water partition coefficient (Wildman–Crippen LogP) is 9.39. The molecule has 192 valence electrons. The van der Waals surface area contributed by atoms with E-state index in [9.17, 15) is 4.79 Å². The van der Waals surface area contributed by atoms with Gasteiger partial charge in [0.15, 0.2) is 5.78 Å². The third-order valence-electron chi connectivity index (χ3n) is 10.8. The minimum Gasteiger partial charge on any atom is -0.289 e. The van der Waals surface area contributed by atoms with Gasteiger partial charge >= 0.3 is 0 Å². The SMILES string of the molecule is CC1(C)c2ccccc2-c2ccc(C(=O)c3ccc4c(c3)C(C)(C)C(C)(C)c3ccccc3-4)cc2C1(C)C. The summed E-state index contributed by atoms with van der Waals surface area (Å²) in [7, 11) is 0. The molecule has 0 radical (unpaired) electrons. The highest BCUT2D eigenvalue weighted by Gasteiger charge is 2.47. The van der Waals surface area contributed by atoms with Crippen LogP contribution in [-0.4, -0.2) is 5.78 Å². The molecule has 0 fully saturated rings. The van der Waals surface area contributed by atoms with Crippen molar-refractivity contribution in [3.05, 3.63) is 118 Å². The zero-order valence-electron chi connectivity index (χ0n) is 24.0. The van der Waals surface area contributed by atoms with Crippen molar-refractivity contribution < 1.29 is 4.79 Å². The van der Waals surface area contributed by atoms with E-state index in [4.69, 9.17) is 0 Å². The highest BCUT2D eigenvalue weighted by Crippen LogP contribution is 2.55. The van der Waals surface area contributed by atoms with Crippen LogP contribution >= 0.6 is 0 Å². The van der Waals surface area contributed by atoms with Crippen molar-refractivity contribution in [2.45, 2.75) is 77.0 Å². The van der Waals surface area contributed by atoms with Gasteiger partial charge in [0, 0.05) is 11.1 Å². The van der Waals surface area contributed by atoms with Gasteiger partial charge in [-0.15, -0.1) is 0 Å². The molecule has 0 saturated carbocycles. The van der Waals surface area contributed by atoms with E-state index in [0.717, 1.165) is 11.1 Å². The van der Waals surface area contributed by atoms with Crippen molar-refractivity contribution >= 4 is 5.78 Å². The van der Waals surface area contributed by atoms with E-state index in [-0.39, 0.29) is 27.4 Å². The minimum atomic E-state index is -0.126. The summed E-state index contributed by atoms with van der Waals surface area (Å²) >= 11 is 0. The number of benzene rings is 4. The molecule has 0 saturated heterocycles. The van der Waals surface area contributed by atoms with Crippen molar-refractivity contribution in [2.24, 2.45) is 0 Å². The quantitative estimate of drug-likeness (QED) is 0.252. The van der Waals surface area contributed by atoms with Gasteiger partial charge in [0.2, 0.25) is 0 Å². The Morgan fingerprint density at radius 1 is 0.421 bits per heavy atom. The molecule has 1 nitrogen and oxygen atoms in total. The molecule has 0 unspecified atom stereocenters. The predicted molar refractivity (Wildman–Crippen MR) is 159 cm³/mol. The standard InChI is InChI=1S/C37H38O/c1-34(2)29-15-11-9-13-25(29)27-19-17-23(21-31(27)36(34,5)6)33(38)24-18-20-28-26-14-10-12-16-30(26)35(3,4)37(7,8)32(28)22-24/h9-22H,1-8H3. The van der Waals surface area contributed by atoms with E-state index in [0.29, 0.717) is 0 Å². The van der Waals surface area contributed by atoms with Crippen LogP contribution in [0.3, 0.4) is 0 Å². The number of carbonyl (C=O) groups is 1. The first-order valence-corrected chi connectivity index (χ1v) is 13.8. The monoisotopic (exact) mass is 498 g/mol. The topological polar surface area (TPSA) is 17.1 Å². The molecule has 0 aromatic heterocycles. The van der Waals surface area contributed by atoms with Crippen LogP contribution in [0, 0.1) is 0 Å². The normalized spacial score (nSPS) is 18.9. The summed E-state index contributed by atoms with van der Waals surface area (Å²) in [6, 6.07) is 30.2. The van der Waals surface area contributed by atoms with Crippen LogP contribution in [0.25, 0.3) is 22.3 Å². The van der Waals surface area contributed by atoms with Gasteiger partial charge in [0.1, 0.15) is 0 Å². The Kier molecular flexibility index (Phi) is 5.10. The van der Waals surface area contributed by atoms with E-state index < -0.39 is 0 Å². The van der Waals surface area contributed by atoms with Gasteiger partial charge in [-0.1, -0.05) is 128 Å². The molecule has 0 atom stereocenters. The van der Waals surface area contributed by atoms with Crippen LogP contribution in [0.1, 0.15) is 93.6 Å². The molecule has 38 heavy (non-hydrogen) atoms. The van der Waals surface area contributed by atoms with Crippen LogP contribution in [0.15, 0.2) is 84.9 Å². The summed E-state index contributed by atoms with van der Waals surface area (Å²) in [6.07, 6.45) is 0. The number of fused-ring (bicyclic) bond motifs is 6. The summed E-state index contributed by atoms with van der Waals surface area (Å²) < 4.78 is 0. The molecule has 0 heterocycles. The van der Waals surface area contributed by atoms with Crippen molar-refractivity contribution in [3.8, 4) is 22.3 Å². The fraction of sp³-hybridized carbons (Fsp3) is 0.324. The molecule has 0 spiro atoms. The second-order valence-electron chi connectivity index (χ2n) is 13.4. The molecule has 0 aliphatic heterocycles. The Morgan fingerprint density at radius 2 is 0.737 bits per heavy atom. The Bertz CT molecular complexity index is 1510. The Morgan fingerprint density at radius 3 is 1.13 bits per heavy atom. The number of ketones is 1. The molecule has 0 amide bonds. The fourth-order valence-corrected chi connectivity index (χ4v) is 6.91. The summed E-state index contributed by atoms with van der Waals surface area (Å²) in [5, 5.41) is 0. The summed E-state index contributed by atoms with van der Waals surface area (Å²) in [5.41, 5.74) is 11.4. The first kappa shape index (κ1) is 24.9. The Hall–Kier alpha value is -3.45. The number of hydrogen-bond acceptors (Lipinski definition) is 1. The lowest BCUT2D eigenvalue weighted by Gasteiger charge is -2.48. The smallest absolute Gasteiger partial charge is 0.193 e. The zero-order valence-corrected chi connectivity index (χ0v) is 24.0. The number of hydrogen-bond donors (Lipinski definition) is 0. The molecule has 6 rings (SSSR count). The highest BCUT2D eigenvalue weighted by molar-refractivity contribution is 6.10. The summed E-state index contributed by atoms with van der Waals surface area (Å²) in [4.78, 5) is 14.1. The molecule has 4 aromatic carbocycles. The molecule has 0 N–H and O–H groups in total. The van der Waals surface area contributed by atoms with Crippen LogP contribution in [0.2, 0.25) is 0 Å². The van der Waals surface area contributed by atoms with Gasteiger partial charge < -0.3 is 0 Å². The van der Waals surface area contributed by atoms with Gasteiger partial charge in [-0.3, -0.25) is 4.79 Å². The van der Waals surface area contributed by atoms with E-state index in [1.165, 1.54) is 44.5 Å². The van der Waals surface area contributed by atoms with Crippen molar-refractivity contribution in [1.29, 1.82) is 0 Å². The largest absolute Gasteiger partial charge is 0.289 e. The summed E-state index contributed by atoms with van der Waals surface area (Å²) in [6.45, 7) is 18.6. The highest BCUT2D eigenvalue weighted by atomic mass is 16.1. The second-order valence-corrected chi connectivity index (χ2v) is 13.4. The maximum absolute atomic E-state index is 14.1. The molecule has 2 aliphatic carbocycles. The Labute approximate surface area is 227 Å². The molecule has 1 heteroatoms. The summed E-state index contributed by atoms with van der Waals surface area (Å²) in [5.74, 6) is 0.0931. The van der Waals surface area contributed by atoms with Crippen LogP contribution in [0.4, 0.5) is 0 Å². The third-order valence-corrected chi connectivity index (χ3v) is 10.8. The first-order chi connectivity index (χ1) is 17.8. The average molecular weight is 499 g/mol. The molecule has 2 aliphatic rings. The van der Waals surface area contributed by atoms with E-state index in [2.05, 4.69) is 128 Å². The van der Waals surface area contributed by atoms with Crippen molar-refractivity contribution in [2.75, 3.05) is 0 Å². The van der Waals surface area contributed by atoms with Gasteiger partial charge in [-0.25, -0.2) is 0 Å². The van der Waals surface area contributed by atoms with Gasteiger partial charge in [0.25, 0.3) is 0 Å². The zero-order chi connectivity index (χ0) is 27.3. The van der Waals surface area contributed by atoms with E-state index >= 15 is 0 Å². The average Bonchev–Trinajstić information content (AvgIpc) is 2.90.